The molecule has 0 aromatic rings. The van der Waals surface area contributed by atoms with E-state index in [0.29, 0.717) is 0 Å². The molecule has 3 atom stereocenters. The van der Waals surface area contributed by atoms with Gasteiger partial charge in [-0.1, -0.05) is 6.42 Å². The first kappa shape index (κ1) is 13.3. The van der Waals surface area contributed by atoms with Gasteiger partial charge in [-0.25, -0.2) is 0 Å². The Morgan fingerprint density at radius 1 is 1.11 bits per heavy atom. The zero-order valence-electron chi connectivity index (χ0n) is 11.7. The van der Waals surface area contributed by atoms with Gasteiger partial charge in [0.15, 0.2) is 0 Å². The average Bonchev–Trinajstić information content (AvgIpc) is 3.24. The highest BCUT2D eigenvalue weighted by Crippen LogP contribution is 2.35. The smallest absolute Gasteiger partial charge is 0.0223 e. The van der Waals surface area contributed by atoms with Crippen molar-refractivity contribution in [1.82, 2.24) is 10.2 Å². The SMILES string of the molecule is CSC1CCCC(N2CCCNC(C3CC3)C2)C1. The molecule has 3 fully saturated rings. The van der Waals surface area contributed by atoms with Crippen molar-refractivity contribution in [1.29, 1.82) is 0 Å². The molecule has 1 N–H and O–H groups in total. The first-order chi connectivity index (χ1) is 8.86. The Balaban J connectivity index is 1.58. The summed E-state index contributed by atoms with van der Waals surface area (Å²) in [6.07, 6.45) is 12.4. The Kier molecular flexibility index (Phi) is 4.53. The number of thioether (sulfide) groups is 1. The van der Waals surface area contributed by atoms with Gasteiger partial charge in [-0.3, -0.25) is 4.90 Å². The predicted octanol–water partition coefficient (Wildman–Crippen LogP) is 2.73. The van der Waals surface area contributed by atoms with Gasteiger partial charge in [-0.05, 0) is 63.8 Å². The standard InChI is InChI=1S/C15H28N2S/c1-18-14-5-2-4-13(10-14)17-9-3-8-16-15(11-17)12-6-7-12/h12-16H,2-11H2,1H3. The van der Waals surface area contributed by atoms with Gasteiger partial charge in [0, 0.05) is 23.9 Å². The molecule has 2 nitrogen and oxygen atoms in total. The molecular formula is C15H28N2S. The van der Waals surface area contributed by atoms with Crippen LogP contribution in [0.3, 0.4) is 0 Å². The Hall–Kier alpha value is 0.270. The molecule has 104 valence electrons. The third-order valence-corrected chi connectivity index (χ3v) is 6.19. The van der Waals surface area contributed by atoms with Crippen LogP contribution in [0.1, 0.15) is 44.9 Å². The monoisotopic (exact) mass is 268 g/mol. The summed E-state index contributed by atoms with van der Waals surface area (Å²) >= 11 is 2.10. The average molecular weight is 268 g/mol. The van der Waals surface area contributed by atoms with Crippen molar-refractivity contribution in [3.63, 3.8) is 0 Å². The Morgan fingerprint density at radius 3 is 2.78 bits per heavy atom. The summed E-state index contributed by atoms with van der Waals surface area (Å²) in [7, 11) is 0. The minimum absolute atomic E-state index is 0.808. The Bertz CT molecular complexity index is 267. The largest absolute Gasteiger partial charge is 0.312 e. The summed E-state index contributed by atoms with van der Waals surface area (Å²) in [5.74, 6) is 1.01. The lowest BCUT2D eigenvalue weighted by Crippen LogP contribution is -2.45. The topological polar surface area (TPSA) is 15.3 Å². The van der Waals surface area contributed by atoms with E-state index in [0.717, 1.165) is 23.3 Å². The van der Waals surface area contributed by atoms with Crippen molar-refractivity contribution in [3.8, 4) is 0 Å². The van der Waals surface area contributed by atoms with Crippen molar-refractivity contribution >= 4 is 11.8 Å². The summed E-state index contributed by atoms with van der Waals surface area (Å²) in [6, 6.07) is 1.69. The third kappa shape index (κ3) is 3.23. The van der Waals surface area contributed by atoms with Gasteiger partial charge in [-0.15, -0.1) is 0 Å². The molecule has 0 bridgehead atoms. The molecule has 18 heavy (non-hydrogen) atoms. The molecule has 1 aliphatic heterocycles. The summed E-state index contributed by atoms with van der Waals surface area (Å²) < 4.78 is 0. The van der Waals surface area contributed by atoms with E-state index in [1.54, 1.807) is 0 Å². The van der Waals surface area contributed by atoms with Gasteiger partial charge in [0.1, 0.15) is 0 Å². The van der Waals surface area contributed by atoms with Gasteiger partial charge >= 0.3 is 0 Å². The first-order valence-corrected chi connectivity index (χ1v) is 9.16. The van der Waals surface area contributed by atoms with E-state index in [1.807, 2.05) is 0 Å². The molecule has 1 heterocycles. The van der Waals surface area contributed by atoms with Crippen LogP contribution in [0.15, 0.2) is 0 Å². The lowest BCUT2D eigenvalue weighted by atomic mass is 9.93. The molecule has 0 radical (unpaired) electrons. The fourth-order valence-corrected chi connectivity index (χ4v) is 4.61. The zero-order chi connectivity index (χ0) is 12.4. The van der Waals surface area contributed by atoms with Crippen LogP contribution in [-0.2, 0) is 0 Å². The second kappa shape index (κ2) is 6.15. The highest BCUT2D eigenvalue weighted by atomic mass is 32.2. The van der Waals surface area contributed by atoms with Crippen LogP contribution in [0.2, 0.25) is 0 Å². The summed E-state index contributed by atoms with van der Waals surface area (Å²) in [5.41, 5.74) is 0. The van der Waals surface area contributed by atoms with E-state index in [9.17, 15) is 0 Å². The molecule has 2 saturated carbocycles. The molecule has 3 rings (SSSR count). The lowest BCUT2D eigenvalue weighted by Gasteiger charge is -2.37. The first-order valence-electron chi connectivity index (χ1n) is 7.87. The van der Waals surface area contributed by atoms with Crippen molar-refractivity contribution in [3.05, 3.63) is 0 Å². The fourth-order valence-electron chi connectivity index (χ4n) is 3.79. The maximum absolute atomic E-state index is 3.79. The van der Waals surface area contributed by atoms with E-state index >= 15 is 0 Å². The van der Waals surface area contributed by atoms with Crippen molar-refractivity contribution in [2.45, 2.75) is 62.3 Å². The second-order valence-corrected chi connectivity index (χ2v) is 7.56. The van der Waals surface area contributed by atoms with Crippen molar-refractivity contribution in [2.24, 2.45) is 5.92 Å². The molecule has 0 amide bonds. The van der Waals surface area contributed by atoms with Crippen LogP contribution in [0.25, 0.3) is 0 Å². The minimum Gasteiger partial charge on any atom is -0.312 e. The number of rotatable bonds is 3. The van der Waals surface area contributed by atoms with Gasteiger partial charge in [0.2, 0.25) is 0 Å². The summed E-state index contributed by atoms with van der Waals surface area (Å²) in [6.45, 7) is 3.91. The summed E-state index contributed by atoms with van der Waals surface area (Å²) in [5, 5.41) is 4.72. The van der Waals surface area contributed by atoms with Crippen LogP contribution in [0, 0.1) is 5.92 Å². The number of hydrogen-bond acceptors (Lipinski definition) is 3. The maximum Gasteiger partial charge on any atom is 0.0223 e. The highest BCUT2D eigenvalue weighted by Gasteiger charge is 2.35. The van der Waals surface area contributed by atoms with E-state index in [-0.39, 0.29) is 0 Å². The maximum atomic E-state index is 3.79. The molecular weight excluding hydrogens is 240 g/mol. The lowest BCUT2D eigenvalue weighted by molar-refractivity contribution is 0.152. The molecule has 0 aromatic carbocycles. The normalized spacial score (nSPS) is 39.5. The van der Waals surface area contributed by atoms with Crippen molar-refractivity contribution < 1.29 is 0 Å². The van der Waals surface area contributed by atoms with Gasteiger partial charge < -0.3 is 5.32 Å². The van der Waals surface area contributed by atoms with E-state index in [4.69, 9.17) is 0 Å². The van der Waals surface area contributed by atoms with Gasteiger partial charge in [0.05, 0.1) is 0 Å². The van der Waals surface area contributed by atoms with Crippen LogP contribution in [-0.4, -0.2) is 48.1 Å². The van der Waals surface area contributed by atoms with Gasteiger partial charge in [0.25, 0.3) is 0 Å². The van der Waals surface area contributed by atoms with Crippen LogP contribution < -0.4 is 5.32 Å². The number of nitrogens with zero attached hydrogens (tertiary/aromatic N) is 1. The fraction of sp³-hybridized carbons (Fsp3) is 1.00. The van der Waals surface area contributed by atoms with Crippen molar-refractivity contribution in [2.75, 3.05) is 25.9 Å². The molecule has 0 aromatic heterocycles. The summed E-state index contributed by atoms with van der Waals surface area (Å²) in [4.78, 5) is 2.84. The Labute approximate surface area is 116 Å². The van der Waals surface area contributed by atoms with E-state index in [2.05, 4.69) is 28.2 Å². The third-order valence-electron chi connectivity index (χ3n) is 5.10. The van der Waals surface area contributed by atoms with E-state index < -0.39 is 0 Å². The number of nitrogens with one attached hydrogen (secondary N) is 1. The highest BCUT2D eigenvalue weighted by molar-refractivity contribution is 7.99. The van der Waals surface area contributed by atoms with Crippen LogP contribution >= 0.6 is 11.8 Å². The quantitative estimate of drug-likeness (QED) is 0.847. The predicted molar refractivity (Wildman–Crippen MR) is 80.3 cm³/mol. The molecule has 1 saturated heterocycles. The second-order valence-electron chi connectivity index (χ2n) is 6.42. The van der Waals surface area contributed by atoms with Gasteiger partial charge in [-0.2, -0.15) is 11.8 Å². The van der Waals surface area contributed by atoms with Crippen LogP contribution in [0.4, 0.5) is 0 Å². The van der Waals surface area contributed by atoms with Crippen LogP contribution in [0.5, 0.6) is 0 Å². The number of hydrogen-bond donors (Lipinski definition) is 1. The van der Waals surface area contributed by atoms with E-state index in [1.165, 1.54) is 64.6 Å². The Morgan fingerprint density at radius 2 is 2.00 bits per heavy atom. The molecule has 3 heteroatoms. The molecule has 2 aliphatic carbocycles. The minimum atomic E-state index is 0.808. The molecule has 0 spiro atoms. The zero-order valence-corrected chi connectivity index (χ0v) is 12.6. The molecule has 3 aliphatic rings. The molecule has 3 unspecified atom stereocenters.